The lowest BCUT2D eigenvalue weighted by Gasteiger charge is -2.33. The van der Waals surface area contributed by atoms with Gasteiger partial charge in [0.1, 0.15) is 0 Å². The number of hydrogen-bond acceptors (Lipinski definition) is 4. The molecular weight excluding hydrogens is 272 g/mol. The molecule has 0 aliphatic rings. The molecule has 1 N–H and O–H groups in total. The van der Waals surface area contributed by atoms with Crippen molar-refractivity contribution in [1.29, 1.82) is 0 Å². The normalized spacial score (nSPS) is 14.4. The van der Waals surface area contributed by atoms with Gasteiger partial charge in [-0.15, -0.1) is 0 Å². The molecule has 1 heterocycles. The van der Waals surface area contributed by atoms with Crippen molar-refractivity contribution in [1.82, 2.24) is 10.3 Å². The summed E-state index contributed by atoms with van der Waals surface area (Å²) < 4.78 is 23.3. The molecule has 0 aliphatic carbocycles. The van der Waals surface area contributed by atoms with E-state index in [9.17, 15) is 8.42 Å². The van der Waals surface area contributed by atoms with Crippen LogP contribution in [0.1, 0.15) is 25.5 Å². The number of pyridine rings is 1. The number of nitrogens with zero attached hydrogens (tertiary/aromatic N) is 1. The third-order valence-corrected chi connectivity index (χ3v) is 6.10. The van der Waals surface area contributed by atoms with Gasteiger partial charge < -0.3 is 5.32 Å². The molecule has 0 fully saturated rings. The number of hydrogen-bond donors (Lipinski definition) is 1. The van der Waals surface area contributed by atoms with Crippen LogP contribution in [0, 0.1) is 0 Å². The summed E-state index contributed by atoms with van der Waals surface area (Å²) >= 11 is 0. The quantitative estimate of drug-likeness (QED) is 0.939. The largest absolute Gasteiger partial charge is 0.312 e. The van der Waals surface area contributed by atoms with Crippen molar-refractivity contribution < 1.29 is 8.42 Å². The standard InChI is InChI=1S/C15H20N2O2S/c1-15(2,20(4,18)19)14(16-3)13-10-17-9-11-7-5-6-8-12(11)13/h5-10,14,16H,1-4H3. The van der Waals surface area contributed by atoms with E-state index in [0.717, 1.165) is 16.3 Å². The summed E-state index contributed by atoms with van der Waals surface area (Å²) in [6, 6.07) is 7.55. The maximum Gasteiger partial charge on any atom is 0.154 e. The first-order valence-corrected chi connectivity index (χ1v) is 8.37. The minimum atomic E-state index is -3.22. The summed E-state index contributed by atoms with van der Waals surface area (Å²) in [4.78, 5) is 4.24. The second kappa shape index (κ2) is 5.14. The van der Waals surface area contributed by atoms with Crippen LogP contribution in [-0.2, 0) is 9.84 Å². The highest BCUT2D eigenvalue weighted by atomic mass is 32.2. The summed E-state index contributed by atoms with van der Waals surface area (Å²) in [7, 11) is -1.44. The zero-order valence-electron chi connectivity index (χ0n) is 12.2. The molecule has 0 saturated carbocycles. The van der Waals surface area contributed by atoms with Crippen LogP contribution < -0.4 is 5.32 Å². The van der Waals surface area contributed by atoms with Gasteiger partial charge in [0.25, 0.3) is 0 Å². The smallest absolute Gasteiger partial charge is 0.154 e. The van der Waals surface area contributed by atoms with Crippen LogP contribution >= 0.6 is 0 Å². The van der Waals surface area contributed by atoms with Crippen LogP contribution in [0.5, 0.6) is 0 Å². The van der Waals surface area contributed by atoms with Gasteiger partial charge in [-0.25, -0.2) is 8.42 Å². The van der Waals surface area contributed by atoms with E-state index in [2.05, 4.69) is 10.3 Å². The predicted molar refractivity (Wildman–Crippen MR) is 82.5 cm³/mol. The average molecular weight is 292 g/mol. The summed E-state index contributed by atoms with van der Waals surface area (Å²) in [6.45, 7) is 3.48. The molecule has 0 aliphatic heterocycles. The van der Waals surface area contributed by atoms with E-state index in [4.69, 9.17) is 0 Å². The van der Waals surface area contributed by atoms with E-state index >= 15 is 0 Å². The Morgan fingerprint density at radius 3 is 2.45 bits per heavy atom. The Hall–Kier alpha value is -1.46. The number of nitrogens with one attached hydrogen (secondary N) is 1. The number of sulfone groups is 1. The minimum Gasteiger partial charge on any atom is -0.312 e. The fraction of sp³-hybridized carbons (Fsp3) is 0.400. The van der Waals surface area contributed by atoms with Crippen LogP contribution in [0.25, 0.3) is 10.8 Å². The molecule has 1 unspecified atom stereocenters. The van der Waals surface area contributed by atoms with E-state index in [1.165, 1.54) is 6.26 Å². The van der Waals surface area contributed by atoms with Gasteiger partial charge in [0, 0.05) is 24.0 Å². The molecule has 0 radical (unpaired) electrons. The molecule has 4 nitrogen and oxygen atoms in total. The number of rotatable bonds is 4. The fourth-order valence-electron chi connectivity index (χ4n) is 2.46. The molecule has 2 aromatic rings. The van der Waals surface area contributed by atoms with Gasteiger partial charge >= 0.3 is 0 Å². The number of benzene rings is 1. The van der Waals surface area contributed by atoms with E-state index in [0.29, 0.717) is 0 Å². The van der Waals surface area contributed by atoms with Crippen molar-refractivity contribution in [2.75, 3.05) is 13.3 Å². The first-order valence-electron chi connectivity index (χ1n) is 6.48. The maximum atomic E-state index is 12.1. The molecule has 0 amide bonds. The van der Waals surface area contributed by atoms with Gasteiger partial charge in [0.2, 0.25) is 0 Å². The Kier molecular flexibility index (Phi) is 3.84. The zero-order chi connectivity index (χ0) is 15.0. The summed E-state index contributed by atoms with van der Waals surface area (Å²) in [6.07, 6.45) is 4.81. The summed E-state index contributed by atoms with van der Waals surface area (Å²) in [5, 5.41) is 5.17. The Bertz CT molecular complexity index is 718. The van der Waals surface area contributed by atoms with Crippen molar-refractivity contribution in [2.45, 2.75) is 24.6 Å². The first-order chi connectivity index (χ1) is 9.29. The van der Waals surface area contributed by atoms with E-state index in [-0.39, 0.29) is 6.04 Å². The van der Waals surface area contributed by atoms with Crippen molar-refractivity contribution in [3.63, 3.8) is 0 Å². The molecule has 2 rings (SSSR count). The van der Waals surface area contributed by atoms with Crippen LogP contribution in [0.3, 0.4) is 0 Å². The van der Waals surface area contributed by atoms with Crippen LogP contribution in [-0.4, -0.2) is 31.5 Å². The van der Waals surface area contributed by atoms with Crippen LogP contribution in [0.2, 0.25) is 0 Å². The van der Waals surface area contributed by atoms with Crippen molar-refractivity contribution in [3.05, 3.63) is 42.2 Å². The predicted octanol–water partition coefficient (Wildman–Crippen LogP) is 2.32. The monoisotopic (exact) mass is 292 g/mol. The van der Waals surface area contributed by atoms with Crippen molar-refractivity contribution >= 4 is 20.6 Å². The molecule has 5 heteroatoms. The van der Waals surface area contributed by atoms with E-state index < -0.39 is 14.6 Å². The Labute approximate surface area is 120 Å². The molecule has 0 spiro atoms. The van der Waals surface area contributed by atoms with Gasteiger partial charge in [0.05, 0.1) is 10.8 Å². The second-order valence-corrected chi connectivity index (χ2v) is 8.14. The molecule has 0 saturated heterocycles. The van der Waals surface area contributed by atoms with Gasteiger partial charge in [-0.05, 0) is 31.8 Å². The molecular formula is C15H20N2O2S. The molecule has 0 bridgehead atoms. The van der Waals surface area contributed by atoms with E-state index in [1.54, 1.807) is 33.3 Å². The fourth-order valence-corrected chi connectivity index (χ4v) is 3.13. The lowest BCUT2D eigenvalue weighted by atomic mass is 9.93. The van der Waals surface area contributed by atoms with Gasteiger partial charge in [-0.1, -0.05) is 24.3 Å². The first kappa shape index (κ1) is 14.9. The number of fused-ring (bicyclic) bond motifs is 1. The highest BCUT2D eigenvalue weighted by Crippen LogP contribution is 2.34. The summed E-state index contributed by atoms with van der Waals surface area (Å²) in [5.41, 5.74) is 0.904. The molecule has 108 valence electrons. The van der Waals surface area contributed by atoms with Crippen LogP contribution in [0.4, 0.5) is 0 Å². The van der Waals surface area contributed by atoms with E-state index in [1.807, 2.05) is 24.3 Å². The van der Waals surface area contributed by atoms with Gasteiger partial charge in [-0.2, -0.15) is 0 Å². The van der Waals surface area contributed by atoms with Crippen molar-refractivity contribution in [3.8, 4) is 0 Å². The lowest BCUT2D eigenvalue weighted by molar-refractivity contribution is 0.447. The van der Waals surface area contributed by atoms with Crippen molar-refractivity contribution in [2.24, 2.45) is 0 Å². The molecule has 1 aromatic carbocycles. The SMILES string of the molecule is CNC(c1cncc2ccccc12)C(C)(C)S(C)(=O)=O. The van der Waals surface area contributed by atoms with Crippen LogP contribution in [0.15, 0.2) is 36.7 Å². The third kappa shape index (κ3) is 2.43. The highest BCUT2D eigenvalue weighted by molar-refractivity contribution is 7.92. The highest BCUT2D eigenvalue weighted by Gasteiger charge is 2.39. The Balaban J connectivity index is 2.68. The Morgan fingerprint density at radius 1 is 1.20 bits per heavy atom. The Morgan fingerprint density at radius 2 is 1.85 bits per heavy atom. The maximum absolute atomic E-state index is 12.1. The number of aromatic nitrogens is 1. The molecule has 20 heavy (non-hydrogen) atoms. The lowest BCUT2D eigenvalue weighted by Crippen LogP contribution is -2.43. The summed E-state index contributed by atoms with van der Waals surface area (Å²) in [5.74, 6) is 0. The molecule has 1 aromatic heterocycles. The van der Waals surface area contributed by atoms with Gasteiger partial charge in [0.15, 0.2) is 9.84 Å². The topological polar surface area (TPSA) is 59.1 Å². The van der Waals surface area contributed by atoms with Gasteiger partial charge in [-0.3, -0.25) is 4.98 Å². The molecule has 1 atom stereocenters. The average Bonchev–Trinajstić information content (AvgIpc) is 2.38. The minimum absolute atomic E-state index is 0.323. The zero-order valence-corrected chi connectivity index (χ0v) is 13.0. The second-order valence-electron chi connectivity index (χ2n) is 5.55. The third-order valence-electron chi connectivity index (χ3n) is 3.95.